The Labute approximate surface area is 177 Å². The minimum absolute atomic E-state index is 0.391. The van der Waals surface area contributed by atoms with Gasteiger partial charge in [-0.05, 0) is 55.3 Å². The molecule has 0 bridgehead atoms. The molecular weight excluding hydrogens is 392 g/mol. The first-order valence-electron chi connectivity index (χ1n) is 10.1. The molecule has 1 fully saturated rings. The fourth-order valence-electron chi connectivity index (χ4n) is 4.18. The number of aryl methyl sites for hydroxylation is 1. The van der Waals surface area contributed by atoms with Crippen molar-refractivity contribution in [3.05, 3.63) is 53.7 Å². The summed E-state index contributed by atoms with van der Waals surface area (Å²) in [5.41, 5.74) is 12.1. The number of nitrogens with two attached hydrogens (primary N) is 1. The van der Waals surface area contributed by atoms with Crippen molar-refractivity contribution in [2.45, 2.75) is 32.2 Å². The summed E-state index contributed by atoms with van der Waals surface area (Å²) in [5, 5.41) is 9.00. The van der Waals surface area contributed by atoms with Crippen molar-refractivity contribution in [1.82, 2.24) is 24.7 Å². The first-order valence-corrected chi connectivity index (χ1v) is 11.0. The zero-order valence-electron chi connectivity index (χ0n) is 16.5. The number of benzene rings is 1. The van der Waals surface area contributed by atoms with Crippen molar-refractivity contribution in [2.24, 2.45) is 0 Å². The van der Waals surface area contributed by atoms with E-state index in [2.05, 4.69) is 58.7 Å². The SMILES string of the molecule is Cc1cc(-c2cccs2)nc2cc(-c3nn(C4CCC4)c4ncnc(N)c34)ccc12. The monoisotopic (exact) mass is 412 g/mol. The Kier molecular flexibility index (Phi) is 3.86. The average Bonchev–Trinajstić information content (AvgIpc) is 3.36. The maximum Gasteiger partial charge on any atom is 0.164 e. The second-order valence-electron chi connectivity index (χ2n) is 7.87. The van der Waals surface area contributed by atoms with E-state index in [1.54, 1.807) is 11.3 Å². The largest absolute Gasteiger partial charge is 0.383 e. The first kappa shape index (κ1) is 17.5. The van der Waals surface area contributed by atoms with Crippen LogP contribution in [0.15, 0.2) is 48.1 Å². The van der Waals surface area contributed by atoms with Crippen molar-refractivity contribution < 1.29 is 0 Å². The number of nitrogen functional groups attached to an aromatic ring is 1. The predicted molar refractivity (Wildman–Crippen MR) is 121 cm³/mol. The van der Waals surface area contributed by atoms with Crippen molar-refractivity contribution in [1.29, 1.82) is 0 Å². The van der Waals surface area contributed by atoms with Crippen LogP contribution < -0.4 is 5.73 Å². The van der Waals surface area contributed by atoms with Gasteiger partial charge in [0.15, 0.2) is 5.65 Å². The van der Waals surface area contributed by atoms with Gasteiger partial charge in [-0.25, -0.2) is 19.6 Å². The van der Waals surface area contributed by atoms with Crippen LogP contribution >= 0.6 is 11.3 Å². The number of nitrogens with zero attached hydrogens (tertiary/aromatic N) is 5. The van der Waals surface area contributed by atoms with Crippen molar-refractivity contribution in [2.75, 3.05) is 5.73 Å². The minimum Gasteiger partial charge on any atom is -0.383 e. The van der Waals surface area contributed by atoms with Gasteiger partial charge in [-0.1, -0.05) is 18.2 Å². The highest BCUT2D eigenvalue weighted by atomic mass is 32.1. The van der Waals surface area contributed by atoms with Gasteiger partial charge in [0.2, 0.25) is 0 Å². The van der Waals surface area contributed by atoms with Gasteiger partial charge in [0, 0.05) is 10.9 Å². The lowest BCUT2D eigenvalue weighted by atomic mass is 9.93. The molecule has 6 nitrogen and oxygen atoms in total. The lowest BCUT2D eigenvalue weighted by molar-refractivity contribution is 0.296. The third-order valence-corrected chi connectivity index (χ3v) is 6.89. The molecule has 7 heteroatoms. The van der Waals surface area contributed by atoms with Crippen molar-refractivity contribution >= 4 is 39.1 Å². The molecule has 1 aliphatic rings. The molecule has 0 atom stereocenters. The molecular formula is C23H20N6S. The lowest BCUT2D eigenvalue weighted by Gasteiger charge is -2.25. The maximum atomic E-state index is 6.27. The normalized spacial score (nSPS) is 14.4. The van der Waals surface area contributed by atoms with Crippen molar-refractivity contribution in [3.63, 3.8) is 0 Å². The van der Waals surface area contributed by atoms with Crippen LogP contribution in [0.5, 0.6) is 0 Å². The zero-order chi connectivity index (χ0) is 20.2. The number of aromatic nitrogens is 5. The molecule has 5 aromatic rings. The molecule has 4 aromatic heterocycles. The molecule has 4 heterocycles. The van der Waals surface area contributed by atoms with Gasteiger partial charge in [-0.3, -0.25) is 0 Å². The van der Waals surface area contributed by atoms with E-state index in [9.17, 15) is 0 Å². The molecule has 2 N–H and O–H groups in total. The van der Waals surface area contributed by atoms with Gasteiger partial charge in [-0.15, -0.1) is 11.3 Å². The van der Waals surface area contributed by atoms with Gasteiger partial charge in [-0.2, -0.15) is 5.10 Å². The van der Waals surface area contributed by atoms with E-state index in [0.29, 0.717) is 11.9 Å². The van der Waals surface area contributed by atoms with Crippen LogP contribution in [-0.4, -0.2) is 24.7 Å². The first-order chi connectivity index (χ1) is 14.7. The highest BCUT2D eigenvalue weighted by molar-refractivity contribution is 7.13. The smallest absolute Gasteiger partial charge is 0.164 e. The molecule has 30 heavy (non-hydrogen) atoms. The topological polar surface area (TPSA) is 82.5 Å². The van der Waals surface area contributed by atoms with Crippen LogP contribution in [-0.2, 0) is 0 Å². The van der Waals surface area contributed by atoms with Gasteiger partial charge in [0.05, 0.1) is 27.5 Å². The van der Waals surface area contributed by atoms with E-state index < -0.39 is 0 Å². The highest BCUT2D eigenvalue weighted by Crippen LogP contribution is 2.38. The van der Waals surface area contributed by atoms with Gasteiger partial charge >= 0.3 is 0 Å². The molecule has 6 rings (SSSR count). The summed E-state index contributed by atoms with van der Waals surface area (Å²) in [5.74, 6) is 0.470. The Balaban J connectivity index is 1.57. The quantitative estimate of drug-likeness (QED) is 0.430. The number of anilines is 1. The molecule has 0 saturated heterocycles. The highest BCUT2D eigenvalue weighted by Gasteiger charge is 2.26. The number of rotatable bonds is 3. The summed E-state index contributed by atoms with van der Waals surface area (Å²) < 4.78 is 2.04. The Morgan fingerprint density at radius 3 is 2.80 bits per heavy atom. The molecule has 0 amide bonds. The summed E-state index contributed by atoms with van der Waals surface area (Å²) in [6.45, 7) is 2.13. The molecule has 0 unspecified atom stereocenters. The van der Waals surface area contributed by atoms with E-state index in [1.165, 1.54) is 23.2 Å². The molecule has 0 spiro atoms. The summed E-state index contributed by atoms with van der Waals surface area (Å²) in [7, 11) is 0. The van der Waals surface area contributed by atoms with Gasteiger partial charge < -0.3 is 5.73 Å². The van der Waals surface area contributed by atoms with Crippen LogP contribution in [0.1, 0.15) is 30.9 Å². The Morgan fingerprint density at radius 2 is 2.03 bits per heavy atom. The third-order valence-electron chi connectivity index (χ3n) is 6.00. The molecule has 1 aliphatic carbocycles. The predicted octanol–water partition coefficient (Wildman–Crippen LogP) is 5.39. The maximum absolute atomic E-state index is 6.27. The van der Waals surface area contributed by atoms with Crippen LogP contribution in [0.25, 0.3) is 43.8 Å². The number of thiophene rings is 1. The second kappa shape index (κ2) is 6.60. The molecule has 1 saturated carbocycles. The Morgan fingerprint density at radius 1 is 1.13 bits per heavy atom. The Hall–Kier alpha value is -3.32. The third kappa shape index (κ3) is 2.62. The summed E-state index contributed by atoms with van der Waals surface area (Å²) in [6.07, 6.45) is 5.01. The molecule has 1 aromatic carbocycles. The van der Waals surface area contributed by atoms with E-state index in [0.717, 1.165) is 51.7 Å². The van der Waals surface area contributed by atoms with Crippen molar-refractivity contribution in [3.8, 4) is 21.8 Å². The number of fused-ring (bicyclic) bond motifs is 2. The molecule has 0 radical (unpaired) electrons. The van der Waals surface area contributed by atoms with Gasteiger partial charge in [0.1, 0.15) is 17.8 Å². The summed E-state index contributed by atoms with van der Waals surface area (Å²) >= 11 is 1.70. The molecule has 0 aliphatic heterocycles. The fraction of sp³-hybridized carbons (Fsp3) is 0.217. The zero-order valence-corrected chi connectivity index (χ0v) is 17.4. The molecule has 148 valence electrons. The second-order valence-corrected chi connectivity index (χ2v) is 8.82. The number of hydrogen-bond donors (Lipinski definition) is 1. The lowest BCUT2D eigenvalue weighted by Crippen LogP contribution is -2.18. The number of hydrogen-bond acceptors (Lipinski definition) is 6. The Bertz CT molecular complexity index is 1400. The van der Waals surface area contributed by atoms with Crippen LogP contribution in [0.3, 0.4) is 0 Å². The standard InChI is InChI=1S/C23H20N6S/c1-13-10-18(19-6-3-9-30-19)27-17-11-14(7-8-16(13)17)21-20-22(24)25-12-26-23(20)29(28-21)15-4-2-5-15/h3,6-12,15H,2,4-5H2,1H3,(H2,24,25,26). The van der Waals surface area contributed by atoms with E-state index in [-0.39, 0.29) is 0 Å². The van der Waals surface area contributed by atoms with E-state index in [1.807, 2.05) is 4.68 Å². The van der Waals surface area contributed by atoms with E-state index in [4.69, 9.17) is 15.8 Å². The fourth-order valence-corrected chi connectivity index (χ4v) is 4.87. The van der Waals surface area contributed by atoms with Gasteiger partial charge in [0.25, 0.3) is 0 Å². The van der Waals surface area contributed by atoms with Crippen LogP contribution in [0.4, 0.5) is 5.82 Å². The minimum atomic E-state index is 0.391. The van der Waals surface area contributed by atoms with E-state index >= 15 is 0 Å². The summed E-state index contributed by atoms with van der Waals surface area (Å²) in [4.78, 5) is 14.9. The number of pyridine rings is 1. The van der Waals surface area contributed by atoms with Crippen LogP contribution in [0.2, 0.25) is 0 Å². The average molecular weight is 413 g/mol. The van der Waals surface area contributed by atoms with Crippen LogP contribution in [0, 0.1) is 6.92 Å². The summed E-state index contributed by atoms with van der Waals surface area (Å²) in [6, 6.07) is 13.0.